The Morgan fingerprint density at radius 2 is 2.20 bits per heavy atom. The van der Waals surface area contributed by atoms with E-state index in [-0.39, 0.29) is 11.6 Å². The van der Waals surface area contributed by atoms with Gasteiger partial charge in [0.15, 0.2) is 0 Å². The molecule has 1 aromatic carbocycles. The van der Waals surface area contributed by atoms with Crippen LogP contribution in [0.1, 0.15) is 23.7 Å². The molecule has 5 nitrogen and oxygen atoms in total. The zero-order chi connectivity index (χ0) is 14.7. The summed E-state index contributed by atoms with van der Waals surface area (Å²) in [5, 5.41) is 18.9. The Morgan fingerprint density at radius 3 is 2.85 bits per heavy atom. The molecule has 0 bridgehead atoms. The van der Waals surface area contributed by atoms with Gasteiger partial charge in [-0.3, -0.25) is 0 Å². The molecule has 1 heterocycles. The van der Waals surface area contributed by atoms with Gasteiger partial charge < -0.3 is 10.0 Å². The number of hydrogen-bond acceptors (Lipinski definition) is 4. The van der Waals surface area contributed by atoms with Crippen LogP contribution in [-0.4, -0.2) is 29.1 Å². The third-order valence-electron chi connectivity index (χ3n) is 3.32. The lowest BCUT2D eigenvalue weighted by atomic mass is 10.1. The van der Waals surface area contributed by atoms with E-state index in [9.17, 15) is 9.90 Å². The number of aromatic nitrogens is 1. The van der Waals surface area contributed by atoms with E-state index in [0.717, 1.165) is 10.9 Å². The van der Waals surface area contributed by atoms with Crippen LogP contribution in [0.2, 0.25) is 0 Å². The van der Waals surface area contributed by atoms with E-state index in [1.807, 2.05) is 31.2 Å². The number of nitriles is 1. The number of anilines is 1. The number of aromatic carboxylic acids is 1. The summed E-state index contributed by atoms with van der Waals surface area (Å²) < 4.78 is 0. The van der Waals surface area contributed by atoms with Gasteiger partial charge in [0, 0.05) is 18.5 Å². The monoisotopic (exact) mass is 269 g/mol. The van der Waals surface area contributed by atoms with Crippen LogP contribution >= 0.6 is 0 Å². The minimum absolute atomic E-state index is 0.105. The van der Waals surface area contributed by atoms with Crippen molar-refractivity contribution in [3.8, 4) is 6.07 Å². The number of hydrogen-bond donors (Lipinski definition) is 1. The van der Waals surface area contributed by atoms with Crippen LogP contribution < -0.4 is 4.90 Å². The van der Waals surface area contributed by atoms with Crippen LogP contribution in [0.4, 0.5) is 5.82 Å². The lowest BCUT2D eigenvalue weighted by Gasteiger charge is -2.25. The third kappa shape index (κ3) is 2.54. The zero-order valence-electron chi connectivity index (χ0n) is 11.4. The van der Waals surface area contributed by atoms with Crippen molar-refractivity contribution < 1.29 is 9.90 Å². The molecule has 2 rings (SSSR count). The van der Waals surface area contributed by atoms with Gasteiger partial charge in [-0.25, -0.2) is 9.78 Å². The molecule has 0 aliphatic carbocycles. The molecular weight excluding hydrogens is 254 g/mol. The smallest absolute Gasteiger partial charge is 0.339 e. The Labute approximate surface area is 117 Å². The molecule has 2 aromatic rings. The highest BCUT2D eigenvalue weighted by Crippen LogP contribution is 2.24. The first kappa shape index (κ1) is 13.8. The van der Waals surface area contributed by atoms with Crippen molar-refractivity contribution in [1.82, 2.24) is 4.98 Å². The molecule has 0 spiro atoms. The number of fused-ring (bicyclic) bond motifs is 1. The fourth-order valence-corrected chi connectivity index (χ4v) is 2.01. The molecule has 102 valence electrons. The number of rotatable bonds is 4. The number of carbonyl (C=O) groups is 1. The number of carboxylic acids is 1. The summed E-state index contributed by atoms with van der Waals surface area (Å²) in [4.78, 5) is 17.6. The van der Waals surface area contributed by atoms with E-state index >= 15 is 0 Å². The van der Waals surface area contributed by atoms with Crippen LogP contribution in [0, 0.1) is 11.3 Å². The van der Waals surface area contributed by atoms with E-state index < -0.39 is 5.97 Å². The Bertz CT molecular complexity index is 691. The predicted molar refractivity (Wildman–Crippen MR) is 76.8 cm³/mol. The highest BCUT2D eigenvalue weighted by atomic mass is 16.4. The standard InChI is InChI=1S/C15H15N3O2/c1-10(7-8-16)18(2)14-12(15(19)20)9-11-5-3-4-6-13(11)17-14/h3-6,9-10H,7H2,1-2H3,(H,19,20). The minimum atomic E-state index is -1.02. The predicted octanol–water partition coefficient (Wildman–Crippen LogP) is 2.67. The van der Waals surface area contributed by atoms with Crippen LogP contribution in [-0.2, 0) is 0 Å². The van der Waals surface area contributed by atoms with Gasteiger partial charge in [-0.15, -0.1) is 0 Å². The normalized spacial score (nSPS) is 11.8. The van der Waals surface area contributed by atoms with E-state index in [4.69, 9.17) is 5.26 Å². The maximum absolute atomic E-state index is 11.4. The van der Waals surface area contributed by atoms with E-state index in [0.29, 0.717) is 12.2 Å². The molecule has 0 radical (unpaired) electrons. The maximum Gasteiger partial charge on any atom is 0.339 e. The van der Waals surface area contributed by atoms with E-state index in [1.54, 1.807) is 18.0 Å². The minimum Gasteiger partial charge on any atom is -0.478 e. The quantitative estimate of drug-likeness (QED) is 0.923. The average molecular weight is 269 g/mol. The van der Waals surface area contributed by atoms with Crippen molar-refractivity contribution in [2.24, 2.45) is 0 Å². The summed E-state index contributed by atoms with van der Waals surface area (Å²) in [6.45, 7) is 1.87. The van der Waals surface area contributed by atoms with Crippen molar-refractivity contribution in [2.75, 3.05) is 11.9 Å². The summed E-state index contributed by atoms with van der Waals surface area (Å²) in [7, 11) is 1.76. The Balaban J connectivity index is 2.58. The molecule has 20 heavy (non-hydrogen) atoms. The molecule has 1 unspecified atom stereocenters. The summed E-state index contributed by atoms with van der Waals surface area (Å²) in [6, 6.07) is 11.0. The Hall–Kier alpha value is -2.61. The molecule has 1 N–H and O–H groups in total. The molecule has 0 aliphatic heterocycles. The van der Waals surface area contributed by atoms with Gasteiger partial charge in [0.25, 0.3) is 0 Å². The highest BCUT2D eigenvalue weighted by Gasteiger charge is 2.19. The van der Waals surface area contributed by atoms with Crippen molar-refractivity contribution >= 4 is 22.7 Å². The summed E-state index contributed by atoms with van der Waals surface area (Å²) >= 11 is 0. The summed E-state index contributed by atoms with van der Waals surface area (Å²) in [6.07, 6.45) is 0.310. The highest BCUT2D eigenvalue weighted by molar-refractivity contribution is 5.98. The lowest BCUT2D eigenvalue weighted by Crippen LogP contribution is -2.30. The Morgan fingerprint density at radius 1 is 1.50 bits per heavy atom. The van der Waals surface area contributed by atoms with E-state index in [1.165, 1.54) is 0 Å². The van der Waals surface area contributed by atoms with Crippen molar-refractivity contribution in [1.29, 1.82) is 5.26 Å². The van der Waals surface area contributed by atoms with Gasteiger partial charge in [0.05, 0.1) is 18.0 Å². The number of carboxylic acid groups (broad SMARTS) is 1. The fraction of sp³-hybridized carbons (Fsp3) is 0.267. The number of pyridine rings is 1. The molecule has 1 aromatic heterocycles. The number of nitrogens with zero attached hydrogens (tertiary/aromatic N) is 3. The molecule has 0 saturated heterocycles. The van der Waals surface area contributed by atoms with Crippen LogP contribution in [0.15, 0.2) is 30.3 Å². The van der Waals surface area contributed by atoms with Gasteiger partial charge >= 0.3 is 5.97 Å². The van der Waals surface area contributed by atoms with Crippen LogP contribution in [0.3, 0.4) is 0 Å². The van der Waals surface area contributed by atoms with Crippen molar-refractivity contribution in [3.05, 3.63) is 35.9 Å². The molecule has 1 atom stereocenters. The number of para-hydroxylation sites is 1. The van der Waals surface area contributed by atoms with Crippen LogP contribution in [0.5, 0.6) is 0 Å². The second-order valence-electron chi connectivity index (χ2n) is 4.68. The Kier molecular flexibility index (Phi) is 3.85. The van der Waals surface area contributed by atoms with Crippen molar-refractivity contribution in [2.45, 2.75) is 19.4 Å². The summed E-state index contributed by atoms with van der Waals surface area (Å²) in [5.41, 5.74) is 0.888. The molecule has 0 amide bonds. The third-order valence-corrected chi connectivity index (χ3v) is 3.32. The van der Waals surface area contributed by atoms with Gasteiger partial charge in [-0.2, -0.15) is 5.26 Å². The SMILES string of the molecule is CC(CC#N)N(C)c1nc2ccccc2cc1C(=O)O. The van der Waals surface area contributed by atoms with Gasteiger partial charge in [0.1, 0.15) is 11.4 Å². The second kappa shape index (κ2) is 5.57. The maximum atomic E-state index is 11.4. The largest absolute Gasteiger partial charge is 0.478 e. The average Bonchev–Trinajstić information content (AvgIpc) is 2.45. The molecule has 5 heteroatoms. The molecular formula is C15H15N3O2. The second-order valence-corrected chi connectivity index (χ2v) is 4.68. The van der Waals surface area contributed by atoms with Gasteiger partial charge in [-0.05, 0) is 19.1 Å². The van der Waals surface area contributed by atoms with Gasteiger partial charge in [0.2, 0.25) is 0 Å². The van der Waals surface area contributed by atoms with Crippen molar-refractivity contribution in [3.63, 3.8) is 0 Å². The first-order valence-electron chi connectivity index (χ1n) is 6.27. The molecule has 0 aliphatic rings. The molecule has 0 saturated carbocycles. The first-order valence-corrected chi connectivity index (χ1v) is 6.27. The summed E-state index contributed by atoms with van der Waals surface area (Å²) in [5.74, 6) is -0.631. The van der Waals surface area contributed by atoms with Gasteiger partial charge in [-0.1, -0.05) is 18.2 Å². The zero-order valence-corrected chi connectivity index (χ0v) is 11.4. The topological polar surface area (TPSA) is 77.2 Å². The fourth-order valence-electron chi connectivity index (χ4n) is 2.01. The first-order chi connectivity index (χ1) is 9.54. The van der Waals surface area contributed by atoms with E-state index in [2.05, 4.69) is 11.1 Å². The molecule has 0 fully saturated rings. The van der Waals surface area contributed by atoms with Crippen LogP contribution in [0.25, 0.3) is 10.9 Å². The lowest BCUT2D eigenvalue weighted by molar-refractivity contribution is 0.0697. The number of benzene rings is 1.